The van der Waals surface area contributed by atoms with E-state index in [0.717, 1.165) is 0 Å². The lowest BCUT2D eigenvalue weighted by atomic mass is 9.81. The van der Waals surface area contributed by atoms with Crippen molar-refractivity contribution in [3.63, 3.8) is 0 Å². The second kappa shape index (κ2) is 9.59. The molecule has 0 saturated carbocycles. The zero-order chi connectivity index (χ0) is 27.3. The lowest BCUT2D eigenvalue weighted by molar-refractivity contribution is 0.569. The Morgan fingerprint density at radius 2 is 1.16 bits per heavy atom. The predicted molar refractivity (Wildman–Crippen MR) is 166 cm³/mol. The van der Waals surface area contributed by atoms with Crippen molar-refractivity contribution in [2.75, 3.05) is 0 Å². The molecule has 0 fully saturated rings. The molecule has 0 heterocycles. The Morgan fingerprint density at radius 1 is 0.622 bits per heavy atom. The molecule has 0 N–H and O–H groups in total. The third-order valence-electron chi connectivity index (χ3n) is 8.41. The number of allylic oxidation sites excluding steroid dienone is 4. The quantitative estimate of drug-likeness (QED) is 0.310. The van der Waals surface area contributed by atoms with E-state index in [1.807, 2.05) is 0 Å². The molecule has 1 radical (unpaired) electrons. The van der Waals surface area contributed by atoms with Gasteiger partial charge in [0.25, 0.3) is 0 Å². The lowest BCUT2D eigenvalue weighted by Gasteiger charge is -2.36. The van der Waals surface area contributed by atoms with E-state index in [9.17, 15) is 0 Å². The van der Waals surface area contributed by atoms with Crippen LogP contribution in [0.4, 0.5) is 0 Å². The van der Waals surface area contributed by atoms with Crippen LogP contribution in [-0.2, 0) is 10.8 Å². The van der Waals surface area contributed by atoms with Gasteiger partial charge in [0.05, 0.1) is 0 Å². The van der Waals surface area contributed by atoms with E-state index in [2.05, 4.69) is 149 Å². The van der Waals surface area contributed by atoms with Crippen LogP contribution in [0.1, 0.15) is 85.9 Å². The van der Waals surface area contributed by atoms with Crippen LogP contribution in [0.15, 0.2) is 89.5 Å². The lowest BCUT2D eigenvalue weighted by Crippen LogP contribution is -2.51. The van der Waals surface area contributed by atoms with Crippen LogP contribution in [-0.4, -0.2) is 8.80 Å². The van der Waals surface area contributed by atoms with Crippen molar-refractivity contribution >= 4 is 19.2 Å². The molecule has 3 aromatic rings. The second-order valence-corrected chi connectivity index (χ2v) is 16.3. The van der Waals surface area contributed by atoms with Crippen molar-refractivity contribution in [3.05, 3.63) is 106 Å². The molecule has 0 amide bonds. The Hall–Kier alpha value is -2.64. The Labute approximate surface area is 228 Å². The second-order valence-electron chi connectivity index (χ2n) is 13.4. The standard InChI is InChI=1S/C36H45Si/c1-24-14-12-15-28(18-24)29-16-13-17-32(19-29)37(36(11)23-25(2)26(3)27(36)4)33-21-30(34(5,6)7)20-31(22-33)35(8,9)10/h12-23H,1-11H3. The van der Waals surface area contributed by atoms with Gasteiger partial charge in [-0.05, 0) is 66.4 Å². The maximum absolute atomic E-state index is 2.58. The number of rotatable bonds is 4. The Bertz CT molecular complexity index is 1350. The van der Waals surface area contributed by atoms with Gasteiger partial charge in [0.1, 0.15) is 8.80 Å². The topological polar surface area (TPSA) is 0 Å². The Balaban J connectivity index is 2.02. The van der Waals surface area contributed by atoms with Crippen LogP contribution in [0.2, 0.25) is 5.04 Å². The first-order valence-corrected chi connectivity index (χ1v) is 15.2. The van der Waals surface area contributed by atoms with Crippen molar-refractivity contribution in [2.45, 2.75) is 92.0 Å². The first kappa shape index (κ1) is 27.4. The summed E-state index contributed by atoms with van der Waals surface area (Å²) >= 11 is 0. The van der Waals surface area contributed by atoms with Gasteiger partial charge in [0.2, 0.25) is 0 Å². The summed E-state index contributed by atoms with van der Waals surface area (Å²) < 4.78 is 0. The SMILES string of the molecule is CC1=CC(C)([Si](c2cccc(-c3cccc(C)c3)c2)c2cc(C(C)(C)C)cc(C(C)(C)C)c2)C(C)=C1C. The van der Waals surface area contributed by atoms with Crippen molar-refractivity contribution in [3.8, 4) is 11.1 Å². The fourth-order valence-electron chi connectivity index (χ4n) is 5.68. The van der Waals surface area contributed by atoms with Crippen LogP contribution in [0.3, 0.4) is 0 Å². The van der Waals surface area contributed by atoms with Gasteiger partial charge in [0.15, 0.2) is 0 Å². The molecule has 0 bridgehead atoms. The molecule has 3 aromatic carbocycles. The summed E-state index contributed by atoms with van der Waals surface area (Å²) in [6.45, 7) is 25.7. The smallest absolute Gasteiger partial charge is 0.0735 e. The third-order valence-corrected chi connectivity index (χ3v) is 11.7. The van der Waals surface area contributed by atoms with Gasteiger partial charge in [-0.3, -0.25) is 0 Å². The van der Waals surface area contributed by atoms with E-state index in [0.29, 0.717) is 0 Å². The van der Waals surface area contributed by atoms with E-state index in [-0.39, 0.29) is 15.9 Å². The average Bonchev–Trinajstić information content (AvgIpc) is 3.01. The Morgan fingerprint density at radius 3 is 1.65 bits per heavy atom. The first-order chi connectivity index (χ1) is 17.1. The van der Waals surface area contributed by atoms with Crippen molar-refractivity contribution in [1.29, 1.82) is 0 Å². The summed E-state index contributed by atoms with van der Waals surface area (Å²) in [6.07, 6.45) is 2.58. The molecule has 37 heavy (non-hydrogen) atoms. The number of hydrogen-bond donors (Lipinski definition) is 0. The molecule has 0 spiro atoms. The highest BCUT2D eigenvalue weighted by Crippen LogP contribution is 2.49. The van der Waals surface area contributed by atoms with E-state index in [4.69, 9.17) is 0 Å². The molecular weight excluding hydrogens is 460 g/mol. The minimum atomic E-state index is -1.23. The van der Waals surface area contributed by atoms with Gasteiger partial charge in [-0.25, -0.2) is 0 Å². The normalized spacial score (nSPS) is 18.5. The minimum Gasteiger partial charge on any atom is -0.0735 e. The molecule has 0 nitrogen and oxygen atoms in total. The van der Waals surface area contributed by atoms with Crippen molar-refractivity contribution < 1.29 is 0 Å². The predicted octanol–water partition coefficient (Wildman–Crippen LogP) is 8.92. The summed E-state index contributed by atoms with van der Waals surface area (Å²) in [5.74, 6) is 0. The Kier molecular flexibility index (Phi) is 7.10. The summed E-state index contributed by atoms with van der Waals surface area (Å²) in [6, 6.07) is 25.9. The zero-order valence-corrected chi connectivity index (χ0v) is 25.9. The monoisotopic (exact) mass is 505 g/mol. The molecule has 0 saturated heterocycles. The molecule has 1 aliphatic rings. The minimum absolute atomic E-state index is 0.00965. The van der Waals surface area contributed by atoms with E-state index >= 15 is 0 Å². The van der Waals surface area contributed by atoms with Crippen LogP contribution < -0.4 is 10.4 Å². The molecule has 0 aliphatic heterocycles. The molecule has 1 atom stereocenters. The number of hydrogen-bond acceptors (Lipinski definition) is 0. The van der Waals surface area contributed by atoms with Crippen molar-refractivity contribution in [1.82, 2.24) is 0 Å². The van der Waals surface area contributed by atoms with E-state index in [1.165, 1.54) is 54.9 Å². The van der Waals surface area contributed by atoms with E-state index < -0.39 is 8.80 Å². The molecule has 4 rings (SSSR count). The average molecular weight is 506 g/mol. The van der Waals surface area contributed by atoms with Gasteiger partial charge in [-0.1, -0.05) is 148 Å². The molecule has 1 aliphatic carbocycles. The van der Waals surface area contributed by atoms with Crippen LogP contribution in [0.5, 0.6) is 0 Å². The highest BCUT2D eigenvalue weighted by atomic mass is 28.3. The summed E-state index contributed by atoms with van der Waals surface area (Å²) in [5.41, 5.74) is 11.4. The summed E-state index contributed by atoms with van der Waals surface area (Å²) in [5, 5.41) is 3.01. The maximum Gasteiger partial charge on any atom is 0.135 e. The zero-order valence-electron chi connectivity index (χ0n) is 24.9. The molecular formula is C36H45Si. The largest absolute Gasteiger partial charge is 0.135 e. The van der Waals surface area contributed by atoms with Gasteiger partial charge in [-0.15, -0.1) is 0 Å². The van der Waals surface area contributed by atoms with Crippen LogP contribution in [0.25, 0.3) is 11.1 Å². The molecule has 1 heteroatoms. The fourth-order valence-corrected chi connectivity index (χ4v) is 9.30. The van der Waals surface area contributed by atoms with Gasteiger partial charge < -0.3 is 0 Å². The summed E-state index contributed by atoms with van der Waals surface area (Å²) in [4.78, 5) is 0. The van der Waals surface area contributed by atoms with Crippen molar-refractivity contribution in [2.24, 2.45) is 0 Å². The molecule has 193 valence electrons. The fraction of sp³-hybridized carbons (Fsp3) is 0.389. The molecule has 1 unspecified atom stereocenters. The van der Waals surface area contributed by atoms with Crippen LogP contribution in [0, 0.1) is 6.92 Å². The third kappa shape index (κ3) is 5.34. The highest BCUT2D eigenvalue weighted by Gasteiger charge is 2.42. The van der Waals surface area contributed by atoms with Gasteiger partial charge in [-0.2, -0.15) is 0 Å². The number of aryl methyl sites for hydroxylation is 1. The number of benzene rings is 3. The van der Waals surface area contributed by atoms with E-state index in [1.54, 1.807) is 0 Å². The van der Waals surface area contributed by atoms with Crippen LogP contribution >= 0.6 is 0 Å². The molecule has 0 aromatic heterocycles. The maximum atomic E-state index is 2.58. The van der Waals surface area contributed by atoms with Gasteiger partial charge in [0, 0.05) is 5.04 Å². The highest BCUT2D eigenvalue weighted by molar-refractivity contribution is 6.88. The first-order valence-electron chi connectivity index (χ1n) is 13.7. The summed E-state index contributed by atoms with van der Waals surface area (Å²) in [7, 11) is -1.23. The van der Waals surface area contributed by atoms with Gasteiger partial charge >= 0.3 is 0 Å².